The van der Waals surface area contributed by atoms with Gasteiger partial charge in [-0.25, -0.2) is 13.2 Å². The van der Waals surface area contributed by atoms with Crippen LogP contribution in [0.4, 0.5) is 13.2 Å². The third-order valence-electron chi connectivity index (χ3n) is 10.2. The number of halogens is 3. The molecule has 12 heteroatoms. The molecule has 0 radical (unpaired) electrons. The minimum atomic E-state index is -1.22. The SMILES string of the molecule is Cc1cc2[nH]c3c(c4c(c5c6cc(F)c(F)cc6n(C6OC(C=O)CC(OCc7ccccc7)C6OCc6ccccc6)c35)C(=O)NC4=O)c2cc1F. The van der Waals surface area contributed by atoms with Gasteiger partial charge in [-0.1, -0.05) is 60.7 Å². The molecule has 266 valence electrons. The Bertz CT molecular complexity index is 2640. The molecule has 4 atom stereocenters. The molecule has 2 aliphatic rings. The van der Waals surface area contributed by atoms with Crippen molar-refractivity contribution in [2.45, 2.75) is 51.1 Å². The number of imide groups is 1. The van der Waals surface area contributed by atoms with Crippen LogP contribution in [0.3, 0.4) is 0 Å². The number of hydrogen-bond acceptors (Lipinski definition) is 6. The average molecular weight is 718 g/mol. The molecule has 1 saturated heterocycles. The zero-order valence-electron chi connectivity index (χ0n) is 28.1. The Kier molecular flexibility index (Phi) is 7.91. The van der Waals surface area contributed by atoms with Crippen molar-refractivity contribution in [3.05, 3.63) is 130 Å². The standard InChI is InChI=1S/C41H30F3N3O6/c1-20-12-29-24(14-26(20)42)32-34-35(40(50)46-39(34)49)33-25-15-27(43)28(44)16-30(25)47(37(33)36(32)45-29)41-38(52-19-22-10-6-3-7-11-22)31(13-23(17-48)53-41)51-18-21-8-4-2-5-9-21/h2-12,14-17,23,31,38,41,45H,13,18-19H2,1H3,(H,46,49,50). The molecular formula is C41H30F3N3O6. The smallest absolute Gasteiger partial charge is 0.259 e. The van der Waals surface area contributed by atoms with Crippen molar-refractivity contribution in [2.24, 2.45) is 0 Å². The Balaban J connectivity index is 1.35. The van der Waals surface area contributed by atoms with Crippen LogP contribution in [-0.4, -0.2) is 46.0 Å². The molecule has 2 aromatic heterocycles. The number of aryl methyl sites for hydroxylation is 1. The number of ether oxygens (including phenoxy) is 3. The summed E-state index contributed by atoms with van der Waals surface area (Å²) in [6, 6.07) is 23.7. The van der Waals surface area contributed by atoms with Crippen LogP contribution >= 0.6 is 0 Å². The van der Waals surface area contributed by atoms with Crippen molar-refractivity contribution >= 4 is 61.7 Å². The van der Waals surface area contributed by atoms with Crippen LogP contribution < -0.4 is 5.32 Å². The fourth-order valence-electron chi connectivity index (χ4n) is 7.81. The molecule has 9 nitrogen and oxygen atoms in total. The zero-order chi connectivity index (χ0) is 36.5. The van der Waals surface area contributed by atoms with E-state index in [-0.39, 0.29) is 58.0 Å². The Morgan fingerprint density at radius 1 is 0.811 bits per heavy atom. The first kappa shape index (κ1) is 33.0. The highest BCUT2D eigenvalue weighted by Gasteiger charge is 2.44. The molecule has 7 aromatic rings. The maximum Gasteiger partial charge on any atom is 0.259 e. The topological polar surface area (TPSA) is 112 Å². The summed E-state index contributed by atoms with van der Waals surface area (Å²) >= 11 is 0. The third-order valence-corrected chi connectivity index (χ3v) is 10.2. The Morgan fingerprint density at radius 3 is 2.11 bits per heavy atom. The molecule has 2 amide bonds. The summed E-state index contributed by atoms with van der Waals surface area (Å²) in [6.07, 6.45) is -3.16. The largest absolute Gasteiger partial charge is 0.371 e. The highest BCUT2D eigenvalue weighted by atomic mass is 19.2. The number of aromatic nitrogens is 2. The van der Waals surface area contributed by atoms with Gasteiger partial charge in [-0.3, -0.25) is 14.9 Å². The number of amides is 2. The van der Waals surface area contributed by atoms with Crippen LogP contribution in [0.5, 0.6) is 0 Å². The van der Waals surface area contributed by atoms with Crippen molar-refractivity contribution in [3.8, 4) is 0 Å². The number of H-pyrrole nitrogens is 1. The van der Waals surface area contributed by atoms with E-state index in [0.29, 0.717) is 28.3 Å². The minimum absolute atomic E-state index is 0.0212. The van der Waals surface area contributed by atoms with Gasteiger partial charge in [-0.05, 0) is 41.8 Å². The fourth-order valence-corrected chi connectivity index (χ4v) is 7.81. The summed E-state index contributed by atoms with van der Waals surface area (Å²) in [5.74, 6) is -4.35. The van der Waals surface area contributed by atoms with Gasteiger partial charge in [0.15, 0.2) is 17.9 Å². The molecule has 4 unspecified atom stereocenters. The summed E-state index contributed by atoms with van der Waals surface area (Å²) in [4.78, 5) is 43.0. The second-order valence-electron chi connectivity index (χ2n) is 13.5. The molecule has 53 heavy (non-hydrogen) atoms. The summed E-state index contributed by atoms with van der Waals surface area (Å²) in [6.45, 7) is 1.88. The van der Waals surface area contributed by atoms with E-state index in [1.54, 1.807) is 17.6 Å². The number of carbonyl (C=O) groups excluding carboxylic acids is 3. The van der Waals surface area contributed by atoms with E-state index in [2.05, 4.69) is 10.3 Å². The van der Waals surface area contributed by atoms with Crippen LogP contribution in [0.2, 0.25) is 0 Å². The molecule has 0 bridgehead atoms. The lowest BCUT2D eigenvalue weighted by Crippen LogP contribution is -2.48. The van der Waals surface area contributed by atoms with Crippen molar-refractivity contribution in [3.63, 3.8) is 0 Å². The molecule has 2 N–H and O–H groups in total. The highest BCUT2D eigenvalue weighted by Crippen LogP contribution is 2.47. The maximum absolute atomic E-state index is 15.4. The first-order chi connectivity index (χ1) is 25.7. The Hall–Kier alpha value is -5.82. The van der Waals surface area contributed by atoms with E-state index in [0.717, 1.165) is 23.3 Å². The predicted octanol–water partition coefficient (Wildman–Crippen LogP) is 7.70. The molecular weight excluding hydrogens is 687 g/mol. The van der Waals surface area contributed by atoms with E-state index in [1.807, 2.05) is 60.7 Å². The van der Waals surface area contributed by atoms with Gasteiger partial charge in [0.25, 0.3) is 11.8 Å². The maximum atomic E-state index is 15.4. The van der Waals surface area contributed by atoms with Crippen molar-refractivity contribution in [2.75, 3.05) is 0 Å². The Morgan fingerprint density at radius 2 is 1.43 bits per heavy atom. The van der Waals surface area contributed by atoms with Gasteiger partial charge < -0.3 is 28.6 Å². The van der Waals surface area contributed by atoms with Gasteiger partial charge in [-0.2, -0.15) is 0 Å². The summed E-state index contributed by atoms with van der Waals surface area (Å²) in [5, 5.41) is 3.18. The first-order valence-corrected chi connectivity index (χ1v) is 17.1. The number of carbonyl (C=O) groups is 3. The predicted molar refractivity (Wildman–Crippen MR) is 190 cm³/mol. The molecule has 2 aliphatic heterocycles. The molecule has 0 spiro atoms. The zero-order valence-corrected chi connectivity index (χ0v) is 28.1. The lowest BCUT2D eigenvalue weighted by molar-refractivity contribution is -0.224. The number of aldehydes is 1. The third kappa shape index (κ3) is 5.32. The monoisotopic (exact) mass is 717 g/mol. The molecule has 4 heterocycles. The van der Waals surface area contributed by atoms with Crippen molar-refractivity contribution < 1.29 is 41.8 Å². The van der Waals surface area contributed by atoms with Crippen molar-refractivity contribution in [1.82, 2.24) is 14.9 Å². The van der Waals surface area contributed by atoms with Gasteiger partial charge in [-0.15, -0.1) is 0 Å². The number of nitrogens with zero attached hydrogens (tertiary/aromatic N) is 1. The number of hydrogen-bond donors (Lipinski definition) is 2. The molecule has 0 saturated carbocycles. The van der Waals surface area contributed by atoms with E-state index < -0.39 is 53.8 Å². The fraction of sp³-hybridized carbons (Fsp3) is 0.195. The van der Waals surface area contributed by atoms with Crippen LogP contribution in [0, 0.1) is 24.4 Å². The quantitative estimate of drug-likeness (QED) is 0.123. The van der Waals surface area contributed by atoms with Gasteiger partial charge >= 0.3 is 0 Å². The summed E-state index contributed by atoms with van der Waals surface area (Å²) in [7, 11) is 0. The second-order valence-corrected chi connectivity index (χ2v) is 13.5. The number of rotatable bonds is 8. The van der Waals surface area contributed by atoms with E-state index in [4.69, 9.17) is 14.2 Å². The number of fused-ring (bicyclic) bond motifs is 10. The van der Waals surface area contributed by atoms with E-state index in [9.17, 15) is 14.4 Å². The van der Waals surface area contributed by atoms with Crippen LogP contribution in [0.25, 0.3) is 43.6 Å². The summed E-state index contributed by atoms with van der Waals surface area (Å²) in [5.41, 5.74) is 3.06. The van der Waals surface area contributed by atoms with Crippen molar-refractivity contribution in [1.29, 1.82) is 0 Å². The van der Waals surface area contributed by atoms with Crippen LogP contribution in [0.1, 0.15) is 50.1 Å². The molecule has 1 fully saturated rings. The van der Waals surface area contributed by atoms with Crippen LogP contribution in [0.15, 0.2) is 84.9 Å². The second kappa shape index (κ2) is 12.7. The average Bonchev–Trinajstić information content (AvgIpc) is 3.78. The normalized spacial score (nSPS) is 20.2. The van der Waals surface area contributed by atoms with Gasteiger partial charge in [0, 0.05) is 39.5 Å². The van der Waals surface area contributed by atoms with Gasteiger partial charge in [0.2, 0.25) is 0 Å². The van der Waals surface area contributed by atoms with Crippen LogP contribution in [-0.2, 0) is 32.2 Å². The van der Waals surface area contributed by atoms with Gasteiger partial charge in [0.05, 0.1) is 47.0 Å². The minimum Gasteiger partial charge on any atom is -0.371 e. The summed E-state index contributed by atoms with van der Waals surface area (Å²) < 4.78 is 67.0. The number of benzene rings is 5. The lowest BCUT2D eigenvalue weighted by Gasteiger charge is -2.41. The molecule has 5 aromatic carbocycles. The lowest BCUT2D eigenvalue weighted by atomic mass is 9.96. The van der Waals surface area contributed by atoms with E-state index in [1.165, 1.54) is 6.07 Å². The van der Waals surface area contributed by atoms with Gasteiger partial charge in [0.1, 0.15) is 24.3 Å². The number of nitrogens with one attached hydrogen (secondary N) is 2. The Labute approximate surface area is 299 Å². The first-order valence-electron chi connectivity index (χ1n) is 17.1. The highest BCUT2D eigenvalue weighted by molar-refractivity contribution is 6.39. The molecule has 0 aliphatic carbocycles. The molecule has 9 rings (SSSR count). The number of aromatic amines is 1. The van der Waals surface area contributed by atoms with E-state index >= 15 is 13.2 Å².